The number of hydrogen-bond donors (Lipinski definition) is 4. The minimum atomic E-state index is -0.496. The number of hydrogen-bond acceptors (Lipinski definition) is 6. The lowest BCUT2D eigenvalue weighted by atomic mass is 9.89. The Bertz CT molecular complexity index is 1660. The average Bonchev–Trinajstić information content (AvgIpc) is 3.02. The van der Waals surface area contributed by atoms with E-state index in [-0.39, 0.29) is 25.7 Å². The molecule has 0 unspecified atom stereocenters. The van der Waals surface area contributed by atoms with Crippen LogP contribution in [0.1, 0.15) is 61.0 Å². The highest BCUT2D eigenvalue weighted by molar-refractivity contribution is 6.09. The zero-order valence-electron chi connectivity index (χ0n) is 27.2. The number of carbonyl (C=O) groups excluding carboxylic acids is 2. The van der Waals surface area contributed by atoms with E-state index >= 15 is 0 Å². The molecular formula is C36H47N4O5+. The van der Waals surface area contributed by atoms with Crippen LogP contribution in [0, 0.1) is 13.8 Å². The van der Waals surface area contributed by atoms with Crippen molar-refractivity contribution in [2.24, 2.45) is 0 Å². The van der Waals surface area contributed by atoms with Gasteiger partial charge >= 0.3 is 6.09 Å². The molecule has 0 spiro atoms. The number of fused-ring (bicyclic) bond motifs is 2. The van der Waals surface area contributed by atoms with Crippen molar-refractivity contribution < 1.29 is 28.8 Å². The van der Waals surface area contributed by atoms with E-state index < -0.39 is 6.09 Å². The number of nitrogens with one attached hydrogen (secondary N) is 3. The first kappa shape index (κ1) is 33.5. The second kappa shape index (κ2) is 16.1. The van der Waals surface area contributed by atoms with Gasteiger partial charge in [-0.3, -0.25) is 4.79 Å². The van der Waals surface area contributed by atoms with Crippen LogP contribution in [0.15, 0.2) is 52.9 Å². The molecule has 1 aliphatic heterocycles. The van der Waals surface area contributed by atoms with Crippen LogP contribution in [-0.4, -0.2) is 68.4 Å². The Morgan fingerprint density at radius 3 is 2.51 bits per heavy atom. The molecule has 2 aliphatic rings. The van der Waals surface area contributed by atoms with Crippen LogP contribution >= 0.6 is 0 Å². The van der Waals surface area contributed by atoms with Gasteiger partial charge in [-0.2, -0.15) is 0 Å². The summed E-state index contributed by atoms with van der Waals surface area (Å²) >= 11 is 0. The number of nitrogens with zero attached hydrogens (tertiary/aromatic N) is 1. The summed E-state index contributed by atoms with van der Waals surface area (Å²) in [5.74, 6) is 0.566. The molecule has 1 heterocycles. The van der Waals surface area contributed by atoms with E-state index in [9.17, 15) is 9.59 Å². The predicted octanol–water partition coefficient (Wildman–Crippen LogP) is 4.61. The average molecular weight is 616 g/mol. The number of aliphatic hydroxyl groups is 1. The van der Waals surface area contributed by atoms with Crippen molar-refractivity contribution in [3.8, 4) is 22.5 Å². The third-order valence-corrected chi connectivity index (χ3v) is 7.93. The van der Waals surface area contributed by atoms with Crippen LogP contribution in [0.25, 0.3) is 33.4 Å². The molecule has 1 aliphatic carbocycles. The summed E-state index contributed by atoms with van der Waals surface area (Å²) in [5.41, 5.74) is 7.15. The van der Waals surface area contributed by atoms with Crippen LogP contribution in [0.2, 0.25) is 0 Å². The molecule has 2 amide bonds. The maximum atomic E-state index is 13.9. The fourth-order valence-electron chi connectivity index (χ4n) is 5.55. The van der Waals surface area contributed by atoms with Crippen molar-refractivity contribution in [1.82, 2.24) is 10.2 Å². The van der Waals surface area contributed by atoms with Crippen LogP contribution < -0.4 is 21.0 Å². The first-order chi connectivity index (χ1) is 21.8. The Morgan fingerprint density at radius 2 is 1.76 bits per heavy atom. The molecule has 0 atom stereocenters. The van der Waals surface area contributed by atoms with Crippen LogP contribution in [0.4, 0.5) is 10.5 Å². The van der Waals surface area contributed by atoms with Crippen molar-refractivity contribution in [3.05, 3.63) is 70.6 Å². The molecule has 9 heteroatoms. The number of anilines is 1. The summed E-state index contributed by atoms with van der Waals surface area (Å²) in [7, 11) is 1.72. The summed E-state index contributed by atoms with van der Waals surface area (Å²) in [6, 6.07) is 16.0. The first-order valence-electron chi connectivity index (χ1n) is 16.0. The van der Waals surface area contributed by atoms with Gasteiger partial charge in [-0.25, -0.2) is 9.79 Å². The summed E-state index contributed by atoms with van der Waals surface area (Å²) in [4.78, 5) is 31.0. The van der Waals surface area contributed by atoms with Gasteiger partial charge < -0.3 is 29.8 Å². The highest BCUT2D eigenvalue weighted by atomic mass is 16.5. The maximum absolute atomic E-state index is 13.9. The Balaban J connectivity index is 1.65. The molecule has 4 N–H and O–H groups in total. The fraction of sp³-hybridized carbons (Fsp3) is 0.417. The minimum absolute atomic E-state index is 0.0790. The second-order valence-corrected chi connectivity index (χ2v) is 11.3. The predicted molar refractivity (Wildman–Crippen MR) is 178 cm³/mol. The molecule has 0 aromatic heterocycles. The lowest BCUT2D eigenvalue weighted by molar-refractivity contribution is -0.496. The van der Waals surface area contributed by atoms with E-state index in [1.165, 1.54) is 0 Å². The topological polar surface area (TPSA) is 118 Å². The molecule has 45 heavy (non-hydrogen) atoms. The van der Waals surface area contributed by atoms with Crippen molar-refractivity contribution in [2.75, 3.05) is 51.8 Å². The molecule has 2 aromatic rings. The Morgan fingerprint density at radius 1 is 0.978 bits per heavy atom. The van der Waals surface area contributed by atoms with Crippen molar-refractivity contribution in [3.63, 3.8) is 0 Å². The monoisotopic (exact) mass is 615 g/mol. The summed E-state index contributed by atoms with van der Waals surface area (Å²) in [6.07, 6.45) is 2.96. The SMILES string of the molecule is CCNc1cc2oc3cc(=[NH+]CC)c(C)cc-3c(-c3ccccc3C(=O)N(C)CCOC(=O)NCCCCCCO)c2cc1C. The summed E-state index contributed by atoms with van der Waals surface area (Å²) in [6.45, 7) is 10.9. The van der Waals surface area contributed by atoms with Gasteiger partial charge in [0.1, 0.15) is 24.5 Å². The van der Waals surface area contributed by atoms with Gasteiger partial charge in [-0.05, 0) is 69.9 Å². The quantitative estimate of drug-likeness (QED) is 0.122. The zero-order valence-corrected chi connectivity index (χ0v) is 27.2. The van der Waals surface area contributed by atoms with Crippen molar-refractivity contribution >= 4 is 28.7 Å². The number of rotatable bonds is 14. The second-order valence-electron chi connectivity index (χ2n) is 11.3. The molecule has 2 aromatic carbocycles. The van der Waals surface area contributed by atoms with Gasteiger partial charge in [0.05, 0.1) is 12.6 Å². The number of carbonyl (C=O) groups is 2. The minimum Gasteiger partial charge on any atom is -0.456 e. The van der Waals surface area contributed by atoms with E-state index in [0.29, 0.717) is 12.1 Å². The molecule has 4 rings (SSSR count). The Hall–Kier alpha value is -4.37. The van der Waals surface area contributed by atoms with E-state index in [1.54, 1.807) is 11.9 Å². The molecular weight excluding hydrogens is 568 g/mol. The number of likely N-dealkylation sites (N-methyl/N-ethyl adjacent to an activating group) is 1. The molecule has 0 saturated carbocycles. The molecule has 0 radical (unpaired) electrons. The summed E-state index contributed by atoms with van der Waals surface area (Å²) in [5, 5.41) is 17.0. The number of aliphatic hydroxyl groups excluding tert-OH is 1. The highest BCUT2D eigenvalue weighted by Gasteiger charge is 2.24. The van der Waals surface area contributed by atoms with Crippen LogP contribution in [0.3, 0.4) is 0 Å². The molecule has 9 nitrogen and oxygen atoms in total. The number of alkyl carbamates (subject to hydrolysis) is 1. The van der Waals surface area contributed by atoms with Gasteiger partial charge in [0.25, 0.3) is 5.91 Å². The number of unbranched alkanes of at least 4 members (excludes halogenated alkanes) is 3. The van der Waals surface area contributed by atoms with Crippen LogP contribution in [-0.2, 0) is 4.74 Å². The molecule has 0 bridgehead atoms. The Kier molecular flexibility index (Phi) is 12.0. The number of benzene rings is 3. The van der Waals surface area contributed by atoms with Gasteiger partial charge in [0, 0.05) is 66.1 Å². The zero-order chi connectivity index (χ0) is 32.3. The highest BCUT2D eigenvalue weighted by Crippen LogP contribution is 2.43. The van der Waals surface area contributed by atoms with Gasteiger partial charge in [0.15, 0.2) is 0 Å². The van der Waals surface area contributed by atoms with Crippen molar-refractivity contribution in [1.29, 1.82) is 0 Å². The summed E-state index contributed by atoms with van der Waals surface area (Å²) < 4.78 is 11.9. The number of ether oxygens (including phenoxy) is 1. The fourth-order valence-corrected chi connectivity index (χ4v) is 5.55. The first-order valence-corrected chi connectivity index (χ1v) is 16.0. The molecule has 0 fully saturated rings. The third kappa shape index (κ3) is 8.22. The van der Waals surface area contributed by atoms with E-state index in [2.05, 4.69) is 55.5 Å². The number of amides is 2. The van der Waals surface area contributed by atoms with E-state index in [1.807, 2.05) is 36.4 Å². The van der Waals surface area contributed by atoms with Gasteiger partial charge in [-0.15, -0.1) is 0 Å². The van der Waals surface area contributed by atoms with E-state index in [4.69, 9.17) is 14.3 Å². The third-order valence-electron chi connectivity index (χ3n) is 7.93. The maximum Gasteiger partial charge on any atom is 0.407 e. The standard InChI is InChI=1S/C36H46N4O5/c1-6-37-30-22-32-28(20-24(30)3)34(29-21-25(4)31(38-7-2)23-33(29)45-32)26-14-10-11-15-27(26)35(42)40(5)17-19-44-36(43)39-16-12-8-9-13-18-41/h10-11,14-15,20-23,37,41H,6-9,12-13,16-19H2,1-5H3,(H,39,43)/p+1. The number of aryl methyl sites for hydroxylation is 2. The Labute approximate surface area is 265 Å². The largest absolute Gasteiger partial charge is 0.456 e. The van der Waals surface area contributed by atoms with E-state index in [0.717, 1.165) is 94.4 Å². The van der Waals surface area contributed by atoms with Gasteiger partial charge in [-0.1, -0.05) is 31.0 Å². The molecule has 0 saturated heterocycles. The normalized spacial score (nSPS) is 11.6. The lowest BCUT2D eigenvalue weighted by Gasteiger charge is -2.22. The van der Waals surface area contributed by atoms with Crippen molar-refractivity contribution in [2.45, 2.75) is 53.4 Å². The smallest absolute Gasteiger partial charge is 0.407 e. The molecule has 240 valence electrons. The lowest BCUT2D eigenvalue weighted by Crippen LogP contribution is -2.76. The van der Waals surface area contributed by atoms with Gasteiger partial charge in [0.2, 0.25) is 5.36 Å². The van der Waals surface area contributed by atoms with Crippen LogP contribution in [0.5, 0.6) is 0 Å².